The highest BCUT2D eigenvalue weighted by Crippen LogP contribution is 2.61. The van der Waals surface area contributed by atoms with Gasteiger partial charge in [0.15, 0.2) is 0 Å². The van der Waals surface area contributed by atoms with Gasteiger partial charge in [-0.05, 0) is 303 Å². The fraction of sp³-hybridized carbons (Fsp3) is 0.557. The monoisotopic (exact) mass is 1440 g/mol. The van der Waals surface area contributed by atoms with E-state index in [0.717, 1.165) is 19.3 Å². The Hall–Kier alpha value is -5.54. The van der Waals surface area contributed by atoms with E-state index in [4.69, 9.17) is 0 Å². The van der Waals surface area contributed by atoms with Crippen LogP contribution in [0.2, 0.25) is 38.3 Å². The quantitative estimate of drug-likeness (QED) is 0.0716. The molecule has 6 aromatic carbocycles. The lowest BCUT2D eigenvalue weighted by molar-refractivity contribution is -0.118. The highest BCUT2D eigenvalue weighted by molar-refractivity contribution is 7.12. The summed E-state index contributed by atoms with van der Waals surface area (Å²) in [4.78, 5) is 37.2. The molecule has 103 heavy (non-hydrogen) atoms. The second kappa shape index (κ2) is 32.9. The van der Waals surface area contributed by atoms with Crippen LogP contribution in [0, 0.1) is 90.0 Å². The molecular formula is C97H138O3SSi2. The molecule has 558 valence electrons. The van der Waals surface area contributed by atoms with Crippen LogP contribution in [0.15, 0.2) is 109 Å². The number of ketones is 3. The second-order valence-corrected chi connectivity index (χ2v) is 48.1. The number of carbonyl (C=O) groups excluding carboxylic acids is 3. The van der Waals surface area contributed by atoms with E-state index in [0.29, 0.717) is 39.0 Å². The van der Waals surface area contributed by atoms with Crippen LogP contribution in [-0.2, 0) is 52.3 Å². The van der Waals surface area contributed by atoms with Crippen LogP contribution < -0.4 is 10.4 Å². The molecule has 2 atom stereocenters. The minimum atomic E-state index is -1.24. The number of rotatable bonds is 16. The Morgan fingerprint density at radius 1 is 0.340 bits per heavy atom. The number of benzene rings is 6. The van der Waals surface area contributed by atoms with Crippen LogP contribution in [0.25, 0.3) is 0 Å². The number of hydrogen-bond acceptors (Lipinski definition) is 4. The van der Waals surface area contributed by atoms with E-state index in [2.05, 4.69) is 267 Å². The van der Waals surface area contributed by atoms with Crippen molar-refractivity contribution in [3.05, 3.63) is 219 Å². The van der Waals surface area contributed by atoms with Crippen LogP contribution in [0.4, 0.5) is 0 Å². The molecule has 5 saturated carbocycles. The zero-order valence-electron chi connectivity index (χ0n) is 69.9. The van der Waals surface area contributed by atoms with Crippen molar-refractivity contribution >= 4 is 55.2 Å². The Bertz CT molecular complexity index is 3860. The summed E-state index contributed by atoms with van der Waals surface area (Å²) in [5.41, 5.74) is 28.6. The van der Waals surface area contributed by atoms with E-state index in [-0.39, 0.29) is 16.2 Å². The normalized spacial score (nSPS) is 20.1. The zero-order valence-corrected chi connectivity index (χ0v) is 72.7. The predicted molar refractivity (Wildman–Crippen MR) is 454 cm³/mol. The molecular weight excluding hydrogens is 1300 g/mol. The molecule has 2 unspecified atom stereocenters. The molecule has 7 aromatic rings. The predicted octanol–water partition coefficient (Wildman–Crippen LogP) is 25.8. The first-order chi connectivity index (χ1) is 48.1. The van der Waals surface area contributed by atoms with E-state index in [9.17, 15) is 14.4 Å². The van der Waals surface area contributed by atoms with Crippen molar-refractivity contribution in [3.8, 4) is 0 Å². The lowest BCUT2D eigenvalue weighted by Crippen LogP contribution is -2.42. The summed E-state index contributed by atoms with van der Waals surface area (Å²) in [6.07, 6.45) is 23.3. The van der Waals surface area contributed by atoms with Crippen LogP contribution in [0.1, 0.15) is 294 Å². The highest BCUT2D eigenvalue weighted by Gasteiger charge is 2.53. The van der Waals surface area contributed by atoms with Crippen molar-refractivity contribution in [2.45, 2.75) is 350 Å². The largest absolute Gasteiger partial charge is 0.300 e. The first kappa shape index (κ1) is 83.1. The number of Topliss-reactive ketones (excluding diaryl/α,β-unsaturated/α-hetero) is 3. The van der Waals surface area contributed by atoms with Crippen LogP contribution in [-0.4, -0.2) is 33.5 Å². The molecule has 0 amide bonds. The average molecular weight is 1440 g/mol. The Balaban J connectivity index is 0.000000156. The van der Waals surface area contributed by atoms with Gasteiger partial charge in [0.25, 0.3) is 0 Å². The number of carbonyl (C=O) groups is 3. The van der Waals surface area contributed by atoms with Crippen molar-refractivity contribution in [2.75, 3.05) is 0 Å². The molecule has 14 rings (SSSR count). The Morgan fingerprint density at radius 3 is 0.893 bits per heavy atom. The van der Waals surface area contributed by atoms with Crippen molar-refractivity contribution < 1.29 is 14.4 Å². The maximum absolute atomic E-state index is 11.5. The minimum Gasteiger partial charge on any atom is -0.300 e. The van der Waals surface area contributed by atoms with Crippen LogP contribution >= 0.6 is 11.3 Å². The molecule has 7 aliphatic carbocycles. The average Bonchev–Trinajstić information content (AvgIpc) is 1.59. The minimum absolute atomic E-state index is 0.170. The summed E-state index contributed by atoms with van der Waals surface area (Å²) < 4.78 is 0. The Morgan fingerprint density at radius 2 is 0.621 bits per heavy atom. The van der Waals surface area contributed by atoms with Gasteiger partial charge < -0.3 is 0 Å². The van der Waals surface area contributed by atoms with Crippen molar-refractivity contribution in [1.29, 1.82) is 0 Å². The fourth-order valence-corrected chi connectivity index (χ4v) is 25.0. The first-order valence-corrected chi connectivity index (χ1v) is 47.3. The van der Waals surface area contributed by atoms with Gasteiger partial charge in [-0.1, -0.05) is 231 Å². The van der Waals surface area contributed by atoms with Gasteiger partial charge in [0.05, 0.1) is 16.1 Å². The van der Waals surface area contributed by atoms with Gasteiger partial charge >= 0.3 is 0 Å². The van der Waals surface area contributed by atoms with Gasteiger partial charge in [0.1, 0.15) is 17.3 Å². The molecule has 7 aliphatic rings. The number of aryl methyl sites for hydroxylation is 1. The van der Waals surface area contributed by atoms with Gasteiger partial charge in [-0.2, -0.15) is 0 Å². The third kappa shape index (κ3) is 19.4. The smallest absolute Gasteiger partial charge is 0.130 e. The summed E-state index contributed by atoms with van der Waals surface area (Å²) in [7, 11) is -2.48. The molecule has 0 N–H and O–H groups in total. The Kier molecular flexibility index (Phi) is 26.5. The van der Waals surface area contributed by atoms with Crippen molar-refractivity contribution in [3.63, 3.8) is 0 Å². The standard InChI is InChI=1S/C20H30Si2.2C17H24O.C14H20.C13H18OS.C13H16.C3H6/c1-21(2,19-13-7-5-8-14-19)17-11-12-18-22(3,4)20-15-9-6-10-16-20;2*1-10(18)9-17(7-8-17)16-14(5)12(3)11(2)13(4)15(16)6;1-13(2)9-10-14(3,4)12-8-6-5-7-11(12)13;1-8(14)7-13(5-6-13)12-10(3)9(2)11(4)15-12;1-12-7-8-13(2,9-12)11-6-4-3-5-10(11)12;1-2-3-1/h5-10,13-16H,11-12,17-18H2,1-4H3;2*7-9H2,1-6H3;5-8H,9-10H2,1-4H3;5-7H2,1-4H3;3-6H,7-9H2,1-2H3;1-3H2. The molecule has 0 aliphatic heterocycles. The highest BCUT2D eigenvalue weighted by atomic mass is 32.1. The van der Waals surface area contributed by atoms with E-state index >= 15 is 0 Å². The van der Waals surface area contributed by atoms with E-state index in [1.54, 1.807) is 53.4 Å². The summed E-state index contributed by atoms with van der Waals surface area (Å²) in [6, 6.07) is 43.1. The maximum atomic E-state index is 11.5. The summed E-state index contributed by atoms with van der Waals surface area (Å²) in [6.45, 7) is 58.3. The molecule has 0 saturated heterocycles. The first-order valence-electron chi connectivity index (χ1n) is 40.1. The lowest BCUT2D eigenvalue weighted by Gasteiger charge is -2.41. The number of thiophene rings is 1. The van der Waals surface area contributed by atoms with Crippen molar-refractivity contribution in [1.82, 2.24) is 0 Å². The van der Waals surface area contributed by atoms with Gasteiger partial charge in [-0.25, -0.2) is 0 Å². The topological polar surface area (TPSA) is 51.2 Å². The zero-order chi connectivity index (χ0) is 76.2. The van der Waals surface area contributed by atoms with Gasteiger partial charge in [-0.3, -0.25) is 14.4 Å². The van der Waals surface area contributed by atoms with Gasteiger partial charge in [-0.15, -0.1) is 11.3 Å². The van der Waals surface area contributed by atoms with Gasteiger partial charge in [0.2, 0.25) is 0 Å². The molecule has 6 heteroatoms. The van der Waals surface area contributed by atoms with Crippen molar-refractivity contribution in [2.24, 2.45) is 0 Å². The summed E-state index contributed by atoms with van der Waals surface area (Å²) in [5.74, 6) is 0.972. The lowest BCUT2D eigenvalue weighted by atomic mass is 9.63. The molecule has 1 aromatic heterocycles. The number of unbranched alkanes of at least 4 members (excludes halogenated alkanes) is 1. The van der Waals surface area contributed by atoms with E-state index < -0.39 is 16.1 Å². The van der Waals surface area contributed by atoms with E-state index in [1.165, 1.54) is 202 Å². The second-order valence-electron chi connectivity index (χ2n) is 37.1. The number of hydrogen-bond donors (Lipinski definition) is 0. The maximum Gasteiger partial charge on any atom is 0.130 e. The molecule has 0 radical (unpaired) electrons. The van der Waals surface area contributed by atoms with E-state index in [1.807, 2.05) is 11.3 Å². The molecule has 1 heterocycles. The summed E-state index contributed by atoms with van der Waals surface area (Å²) >= 11 is 1.90. The number of fused-ring (bicyclic) bond motifs is 6. The summed E-state index contributed by atoms with van der Waals surface area (Å²) in [5, 5.41) is 3.21. The Labute approximate surface area is 634 Å². The third-order valence-electron chi connectivity index (χ3n) is 26.9. The van der Waals surface area contributed by atoms with Gasteiger partial charge in [0, 0.05) is 45.3 Å². The molecule has 5 fully saturated rings. The SMILES string of the molecule is C1CC1.CC(=O)CC1(c2c(C)c(C)c(C)c(C)c2C)CC1.CC(=O)CC1(c2c(C)c(C)c(C)c(C)c2C)CC1.CC(=O)CC1(c2sc(C)c(C)c2C)CC1.CC1(C)CCC(C)(C)c2ccccc21.CC12CCC(C)(C1)c1ccccc12.C[Si](C)(CCCC[Si](C)(C)c1ccccc1)c1ccccc1. The molecule has 2 bridgehead atoms. The van der Waals surface area contributed by atoms with Crippen LogP contribution in [0.3, 0.4) is 0 Å². The molecule has 3 nitrogen and oxygen atoms in total. The fourth-order valence-electron chi connectivity index (χ4n) is 18.6. The third-order valence-corrected chi connectivity index (χ3v) is 35.4. The van der Waals surface area contributed by atoms with Crippen LogP contribution in [0.5, 0.6) is 0 Å². The molecule has 0 spiro atoms.